The minimum absolute atomic E-state index is 0.0228. The van der Waals surface area contributed by atoms with Crippen molar-refractivity contribution in [3.05, 3.63) is 57.8 Å². The molecule has 6 heteroatoms. The Bertz CT molecular complexity index is 652. The van der Waals surface area contributed by atoms with Gasteiger partial charge in [-0.3, -0.25) is 0 Å². The second kappa shape index (κ2) is 7.70. The maximum absolute atomic E-state index is 12.1. The van der Waals surface area contributed by atoms with Gasteiger partial charge in [-0.25, -0.2) is 13.1 Å². The lowest BCUT2D eigenvalue weighted by Gasteiger charge is -2.08. The van der Waals surface area contributed by atoms with Gasteiger partial charge in [0.2, 0.25) is 10.0 Å². The largest absolute Gasteiger partial charge is 0.316 e. The second-order valence-electron chi connectivity index (χ2n) is 4.83. The van der Waals surface area contributed by atoms with E-state index < -0.39 is 10.0 Å². The normalized spacial score (nSPS) is 11.7. The number of benzene rings is 1. The molecule has 0 radical (unpaired) electrons. The van der Waals surface area contributed by atoms with Gasteiger partial charge in [-0.15, -0.1) is 11.3 Å². The number of sulfonamides is 1. The summed E-state index contributed by atoms with van der Waals surface area (Å²) in [6, 6.07) is 11.6. The molecule has 2 rings (SSSR count). The van der Waals surface area contributed by atoms with E-state index in [1.165, 1.54) is 4.88 Å². The van der Waals surface area contributed by atoms with Crippen molar-refractivity contribution in [1.82, 2.24) is 10.0 Å². The van der Waals surface area contributed by atoms with Crippen LogP contribution in [0, 0.1) is 0 Å². The highest BCUT2D eigenvalue weighted by Crippen LogP contribution is 2.10. The van der Waals surface area contributed by atoms with Gasteiger partial charge in [0, 0.05) is 18.0 Å². The summed E-state index contributed by atoms with van der Waals surface area (Å²) in [6.07, 6.45) is 0.733. The van der Waals surface area contributed by atoms with Crippen molar-refractivity contribution in [3.8, 4) is 0 Å². The standard InChI is InChI=1S/C15H20N2O2S2/c1-16-11-13-4-2-5-14(10-13)12-21(18,19)17-8-7-15-6-3-9-20-15/h2-6,9-10,16-17H,7-8,11-12H2,1H3. The number of nitrogens with one attached hydrogen (secondary N) is 2. The molecule has 1 heterocycles. The Hall–Kier alpha value is -1.21. The molecule has 0 saturated carbocycles. The first-order chi connectivity index (χ1) is 10.1. The van der Waals surface area contributed by atoms with Gasteiger partial charge >= 0.3 is 0 Å². The fourth-order valence-corrected chi connectivity index (χ4v) is 3.93. The van der Waals surface area contributed by atoms with Crippen LogP contribution in [0.3, 0.4) is 0 Å². The second-order valence-corrected chi connectivity index (χ2v) is 7.67. The fourth-order valence-electron chi connectivity index (χ4n) is 2.09. The molecule has 0 aliphatic heterocycles. The van der Waals surface area contributed by atoms with Gasteiger partial charge in [-0.1, -0.05) is 30.3 Å². The number of rotatable bonds is 8. The smallest absolute Gasteiger partial charge is 0.215 e. The summed E-state index contributed by atoms with van der Waals surface area (Å²) in [5, 5.41) is 5.06. The predicted molar refractivity (Wildman–Crippen MR) is 87.9 cm³/mol. The van der Waals surface area contributed by atoms with Crippen LogP contribution in [0.25, 0.3) is 0 Å². The fraction of sp³-hybridized carbons (Fsp3) is 0.333. The van der Waals surface area contributed by atoms with E-state index in [1.54, 1.807) is 11.3 Å². The van der Waals surface area contributed by atoms with Gasteiger partial charge in [-0.05, 0) is 36.0 Å². The Morgan fingerprint density at radius 3 is 2.67 bits per heavy atom. The summed E-state index contributed by atoms with van der Waals surface area (Å²) in [4.78, 5) is 1.19. The van der Waals surface area contributed by atoms with E-state index in [4.69, 9.17) is 0 Å². The molecule has 1 aromatic heterocycles. The highest BCUT2D eigenvalue weighted by molar-refractivity contribution is 7.88. The van der Waals surface area contributed by atoms with Crippen LogP contribution in [0.4, 0.5) is 0 Å². The maximum Gasteiger partial charge on any atom is 0.215 e. The number of thiophene rings is 1. The highest BCUT2D eigenvalue weighted by atomic mass is 32.2. The lowest BCUT2D eigenvalue weighted by molar-refractivity contribution is 0.581. The van der Waals surface area contributed by atoms with Crippen molar-refractivity contribution in [3.63, 3.8) is 0 Å². The van der Waals surface area contributed by atoms with Crippen molar-refractivity contribution < 1.29 is 8.42 Å². The Labute approximate surface area is 130 Å². The van der Waals surface area contributed by atoms with E-state index in [9.17, 15) is 8.42 Å². The number of hydrogen-bond donors (Lipinski definition) is 2. The van der Waals surface area contributed by atoms with Gasteiger partial charge in [-0.2, -0.15) is 0 Å². The molecule has 0 fully saturated rings. The summed E-state index contributed by atoms with van der Waals surface area (Å²) >= 11 is 1.64. The molecule has 0 spiro atoms. The average Bonchev–Trinajstić information content (AvgIpc) is 2.92. The van der Waals surface area contributed by atoms with E-state index in [2.05, 4.69) is 10.0 Å². The number of hydrogen-bond acceptors (Lipinski definition) is 4. The molecule has 0 saturated heterocycles. The van der Waals surface area contributed by atoms with E-state index in [0.717, 1.165) is 24.1 Å². The van der Waals surface area contributed by atoms with Gasteiger partial charge in [0.25, 0.3) is 0 Å². The molecule has 0 atom stereocenters. The molecule has 0 aliphatic carbocycles. The molecule has 114 valence electrons. The predicted octanol–water partition coefficient (Wildman–Crippen LogP) is 2.13. The lowest BCUT2D eigenvalue weighted by Crippen LogP contribution is -2.27. The van der Waals surface area contributed by atoms with E-state index >= 15 is 0 Å². The monoisotopic (exact) mass is 324 g/mol. The minimum Gasteiger partial charge on any atom is -0.316 e. The zero-order chi connectivity index (χ0) is 15.1. The highest BCUT2D eigenvalue weighted by Gasteiger charge is 2.11. The van der Waals surface area contributed by atoms with E-state index in [1.807, 2.05) is 48.8 Å². The Morgan fingerprint density at radius 1 is 1.14 bits per heavy atom. The molecule has 1 aromatic carbocycles. The van der Waals surface area contributed by atoms with Crippen LogP contribution in [0.15, 0.2) is 41.8 Å². The van der Waals surface area contributed by atoms with Gasteiger partial charge in [0.1, 0.15) is 0 Å². The van der Waals surface area contributed by atoms with Crippen LogP contribution in [0.1, 0.15) is 16.0 Å². The molecule has 0 amide bonds. The molecule has 2 aromatic rings. The molecule has 21 heavy (non-hydrogen) atoms. The van der Waals surface area contributed by atoms with Crippen molar-refractivity contribution in [2.24, 2.45) is 0 Å². The van der Waals surface area contributed by atoms with Crippen LogP contribution in [0.2, 0.25) is 0 Å². The van der Waals surface area contributed by atoms with Crippen molar-refractivity contribution in [2.75, 3.05) is 13.6 Å². The van der Waals surface area contributed by atoms with Crippen LogP contribution in [-0.2, 0) is 28.7 Å². The third-order valence-electron chi connectivity index (χ3n) is 3.00. The van der Waals surface area contributed by atoms with Crippen LogP contribution in [0.5, 0.6) is 0 Å². The molecular formula is C15H20N2O2S2. The zero-order valence-corrected chi connectivity index (χ0v) is 13.6. The maximum atomic E-state index is 12.1. The van der Waals surface area contributed by atoms with Gasteiger partial charge < -0.3 is 5.32 Å². The van der Waals surface area contributed by atoms with Crippen molar-refractivity contribution >= 4 is 21.4 Å². The van der Waals surface area contributed by atoms with Crippen LogP contribution >= 0.6 is 11.3 Å². The summed E-state index contributed by atoms with van der Waals surface area (Å²) in [5.41, 5.74) is 1.90. The first-order valence-electron chi connectivity index (χ1n) is 6.81. The molecule has 0 unspecified atom stereocenters. The summed E-state index contributed by atoms with van der Waals surface area (Å²) in [6.45, 7) is 1.18. The lowest BCUT2D eigenvalue weighted by atomic mass is 10.1. The van der Waals surface area contributed by atoms with Crippen LogP contribution in [-0.4, -0.2) is 22.0 Å². The molecule has 2 N–H and O–H groups in total. The summed E-state index contributed by atoms with van der Waals surface area (Å²) < 4.78 is 26.8. The minimum atomic E-state index is -3.29. The SMILES string of the molecule is CNCc1cccc(CS(=O)(=O)NCCc2cccs2)c1. The third kappa shape index (κ3) is 5.59. The van der Waals surface area contributed by atoms with Gasteiger partial charge in [0.05, 0.1) is 5.75 Å². The molecule has 0 bridgehead atoms. The zero-order valence-electron chi connectivity index (χ0n) is 12.0. The first-order valence-corrected chi connectivity index (χ1v) is 9.34. The van der Waals surface area contributed by atoms with Gasteiger partial charge in [0.15, 0.2) is 0 Å². The third-order valence-corrected chi connectivity index (χ3v) is 5.30. The molecule has 0 aliphatic rings. The van der Waals surface area contributed by atoms with E-state index in [0.29, 0.717) is 6.54 Å². The van der Waals surface area contributed by atoms with Crippen molar-refractivity contribution in [1.29, 1.82) is 0 Å². The molecular weight excluding hydrogens is 304 g/mol. The van der Waals surface area contributed by atoms with Crippen LogP contribution < -0.4 is 10.0 Å². The van der Waals surface area contributed by atoms with E-state index in [-0.39, 0.29) is 5.75 Å². The first kappa shape index (κ1) is 16.2. The topological polar surface area (TPSA) is 58.2 Å². The Morgan fingerprint density at radius 2 is 1.95 bits per heavy atom. The quantitative estimate of drug-likeness (QED) is 0.782. The Kier molecular flexibility index (Phi) is 5.93. The average molecular weight is 324 g/mol. The molecule has 4 nitrogen and oxygen atoms in total. The van der Waals surface area contributed by atoms with Crippen molar-refractivity contribution in [2.45, 2.75) is 18.7 Å². The summed E-state index contributed by atoms with van der Waals surface area (Å²) in [5.74, 6) is 0.0228. The summed E-state index contributed by atoms with van der Waals surface area (Å²) in [7, 11) is -1.41. The Balaban J connectivity index is 1.89.